The minimum Gasteiger partial charge on any atom is -0.382 e. The lowest BCUT2D eigenvalue weighted by Gasteiger charge is -2.35. The molecule has 2 heterocycles. The summed E-state index contributed by atoms with van der Waals surface area (Å²) in [6.45, 7) is 3.27. The zero-order chi connectivity index (χ0) is 23.9. The molecule has 2 N–H and O–H groups in total. The fraction of sp³-hybridized carbons (Fsp3) is 0.480. The first-order valence-electron chi connectivity index (χ1n) is 11.9. The number of carbonyl (C=O) groups is 1. The zero-order valence-corrected chi connectivity index (χ0v) is 19.9. The van der Waals surface area contributed by atoms with Gasteiger partial charge in [0.05, 0.1) is 0 Å². The minimum absolute atomic E-state index is 0.000272. The monoisotopic (exact) mass is 487 g/mol. The third-order valence-electron chi connectivity index (χ3n) is 6.82. The molecule has 2 saturated heterocycles. The van der Waals surface area contributed by atoms with Crippen LogP contribution in [-0.2, 0) is 6.67 Å². The van der Waals surface area contributed by atoms with Crippen LogP contribution in [0.2, 0.25) is 5.02 Å². The molecule has 0 aromatic heterocycles. The standard InChI is InChI=1S/C25H31ClFN5O2/c26-20-1-4-23(5-2-20)31-11-7-18(8-12-31)17-28-25(33)32-13-9-21(10-14-32)29-22-3-6-24(30-34)19(15-22)16-27/h1-6,15,18,21,29H,7-14,16-17H2,(H,28,33). The summed E-state index contributed by atoms with van der Waals surface area (Å²) in [6, 6.07) is 13.1. The lowest BCUT2D eigenvalue weighted by atomic mass is 9.96. The summed E-state index contributed by atoms with van der Waals surface area (Å²) >= 11 is 5.98. The molecular formula is C25H31ClFN5O2. The van der Waals surface area contributed by atoms with Gasteiger partial charge in [-0.25, -0.2) is 9.18 Å². The first-order chi connectivity index (χ1) is 16.6. The number of urea groups is 1. The van der Waals surface area contributed by atoms with E-state index in [0.29, 0.717) is 25.6 Å². The number of nitrogens with zero attached hydrogens (tertiary/aromatic N) is 3. The zero-order valence-electron chi connectivity index (χ0n) is 19.2. The third kappa shape index (κ3) is 6.17. The van der Waals surface area contributed by atoms with Crippen LogP contribution in [0.15, 0.2) is 47.6 Å². The predicted molar refractivity (Wildman–Crippen MR) is 135 cm³/mol. The van der Waals surface area contributed by atoms with E-state index in [2.05, 4.69) is 32.8 Å². The van der Waals surface area contributed by atoms with Gasteiger partial charge in [0, 0.05) is 60.7 Å². The van der Waals surface area contributed by atoms with Gasteiger partial charge in [0.1, 0.15) is 12.4 Å². The Hall–Kier alpha value is -2.87. The summed E-state index contributed by atoms with van der Waals surface area (Å²) in [5, 5.41) is 10.1. The van der Waals surface area contributed by atoms with Gasteiger partial charge in [-0.1, -0.05) is 11.6 Å². The lowest BCUT2D eigenvalue weighted by Crippen LogP contribution is -2.48. The number of hydrogen-bond donors (Lipinski definition) is 2. The Kier molecular flexibility index (Phi) is 8.21. The second-order valence-corrected chi connectivity index (χ2v) is 9.50. The van der Waals surface area contributed by atoms with Gasteiger partial charge in [0.25, 0.3) is 0 Å². The van der Waals surface area contributed by atoms with Crippen molar-refractivity contribution in [1.29, 1.82) is 0 Å². The first kappa shape index (κ1) is 24.3. The smallest absolute Gasteiger partial charge is 0.317 e. The van der Waals surface area contributed by atoms with E-state index < -0.39 is 6.67 Å². The molecule has 34 heavy (non-hydrogen) atoms. The number of nitrogens with one attached hydrogen (secondary N) is 2. The SMILES string of the molecule is O=Nc1ccc(NC2CCN(C(=O)NCC3CCN(c4ccc(Cl)cc4)CC3)CC2)cc1CF. The molecule has 2 aliphatic rings. The summed E-state index contributed by atoms with van der Waals surface area (Å²) in [6.07, 6.45) is 3.72. The molecule has 0 spiro atoms. The molecule has 9 heteroatoms. The van der Waals surface area contributed by atoms with E-state index in [1.54, 1.807) is 12.1 Å². The van der Waals surface area contributed by atoms with E-state index >= 15 is 0 Å². The Labute approximate surface area is 204 Å². The Morgan fingerprint density at radius 1 is 1.03 bits per heavy atom. The summed E-state index contributed by atoms with van der Waals surface area (Å²) in [4.78, 5) is 27.6. The Bertz CT molecular complexity index is 974. The van der Waals surface area contributed by atoms with Gasteiger partial charge in [-0.05, 0) is 79.2 Å². The van der Waals surface area contributed by atoms with Gasteiger partial charge in [-0.3, -0.25) is 0 Å². The Morgan fingerprint density at radius 3 is 2.38 bits per heavy atom. The van der Waals surface area contributed by atoms with Gasteiger partial charge >= 0.3 is 6.03 Å². The van der Waals surface area contributed by atoms with Crippen molar-refractivity contribution in [3.8, 4) is 0 Å². The van der Waals surface area contributed by atoms with Crippen LogP contribution < -0.4 is 15.5 Å². The number of rotatable bonds is 7. The molecule has 0 saturated carbocycles. The molecule has 2 fully saturated rings. The van der Waals surface area contributed by atoms with E-state index in [1.807, 2.05) is 17.0 Å². The maximum absolute atomic E-state index is 13.1. The van der Waals surface area contributed by atoms with E-state index in [9.17, 15) is 14.1 Å². The van der Waals surface area contributed by atoms with Crippen LogP contribution in [0.3, 0.4) is 0 Å². The average molecular weight is 488 g/mol. The van der Waals surface area contributed by atoms with E-state index in [-0.39, 0.29) is 23.3 Å². The van der Waals surface area contributed by atoms with Crippen molar-refractivity contribution in [2.24, 2.45) is 11.1 Å². The maximum atomic E-state index is 13.1. The fourth-order valence-electron chi connectivity index (χ4n) is 4.72. The molecule has 2 aromatic rings. The van der Waals surface area contributed by atoms with Crippen LogP contribution in [0.5, 0.6) is 0 Å². The normalized spacial score (nSPS) is 17.5. The van der Waals surface area contributed by atoms with E-state index in [0.717, 1.165) is 49.5 Å². The average Bonchev–Trinajstić information content (AvgIpc) is 2.88. The number of anilines is 2. The topological polar surface area (TPSA) is 77.0 Å². The highest BCUT2D eigenvalue weighted by molar-refractivity contribution is 6.30. The molecule has 0 aliphatic carbocycles. The highest BCUT2D eigenvalue weighted by Crippen LogP contribution is 2.26. The molecule has 0 unspecified atom stereocenters. The maximum Gasteiger partial charge on any atom is 0.317 e. The van der Waals surface area contributed by atoms with Gasteiger partial charge in [-0.15, -0.1) is 4.91 Å². The molecule has 2 aliphatic heterocycles. The van der Waals surface area contributed by atoms with Crippen LogP contribution in [0.1, 0.15) is 31.2 Å². The van der Waals surface area contributed by atoms with Gasteiger partial charge in [0.15, 0.2) is 0 Å². The first-order valence-corrected chi connectivity index (χ1v) is 12.3. The largest absolute Gasteiger partial charge is 0.382 e. The number of halogens is 2. The van der Waals surface area contributed by atoms with Crippen LogP contribution in [-0.4, -0.2) is 49.7 Å². The molecule has 2 amide bonds. The summed E-state index contributed by atoms with van der Waals surface area (Å²) in [7, 11) is 0. The number of benzene rings is 2. The fourth-order valence-corrected chi connectivity index (χ4v) is 4.85. The third-order valence-corrected chi connectivity index (χ3v) is 7.08. The van der Waals surface area contributed by atoms with Gasteiger partial charge in [-0.2, -0.15) is 0 Å². The molecule has 0 bridgehead atoms. The number of carbonyl (C=O) groups excluding carboxylic acids is 1. The van der Waals surface area contributed by atoms with Crippen LogP contribution in [0, 0.1) is 10.8 Å². The quantitative estimate of drug-likeness (QED) is 0.490. The molecule has 4 rings (SSSR count). The highest BCUT2D eigenvalue weighted by atomic mass is 35.5. The molecule has 0 atom stereocenters. The van der Waals surface area contributed by atoms with Crippen molar-refractivity contribution in [1.82, 2.24) is 10.2 Å². The summed E-state index contributed by atoms with van der Waals surface area (Å²) in [5.41, 5.74) is 2.39. The van der Waals surface area contributed by atoms with Crippen molar-refractivity contribution < 1.29 is 9.18 Å². The number of likely N-dealkylation sites (tertiary alicyclic amines) is 1. The number of amides is 2. The molecular weight excluding hydrogens is 457 g/mol. The van der Waals surface area contributed by atoms with E-state index in [4.69, 9.17) is 11.6 Å². The second kappa shape index (κ2) is 11.5. The molecule has 7 nitrogen and oxygen atoms in total. The number of nitroso groups, excluding NO2 is 1. The summed E-state index contributed by atoms with van der Waals surface area (Å²) < 4.78 is 13.1. The number of alkyl halides is 1. The number of piperidine rings is 2. The highest BCUT2D eigenvalue weighted by Gasteiger charge is 2.25. The van der Waals surface area contributed by atoms with Crippen LogP contribution in [0.4, 0.5) is 26.2 Å². The van der Waals surface area contributed by atoms with Gasteiger partial charge < -0.3 is 20.4 Å². The van der Waals surface area contributed by atoms with Crippen LogP contribution >= 0.6 is 11.6 Å². The predicted octanol–water partition coefficient (Wildman–Crippen LogP) is 5.71. The van der Waals surface area contributed by atoms with E-state index in [1.165, 1.54) is 11.8 Å². The minimum atomic E-state index is -0.727. The van der Waals surface area contributed by atoms with Crippen molar-refractivity contribution in [2.45, 2.75) is 38.4 Å². The number of hydrogen-bond acceptors (Lipinski definition) is 5. The molecule has 2 aromatic carbocycles. The van der Waals surface area contributed by atoms with Gasteiger partial charge in [0.2, 0.25) is 0 Å². The lowest BCUT2D eigenvalue weighted by molar-refractivity contribution is 0.181. The van der Waals surface area contributed by atoms with Crippen molar-refractivity contribution in [2.75, 3.05) is 42.9 Å². The van der Waals surface area contributed by atoms with Crippen LogP contribution in [0.25, 0.3) is 0 Å². The Balaban J connectivity index is 1.17. The van der Waals surface area contributed by atoms with Crippen molar-refractivity contribution in [3.63, 3.8) is 0 Å². The van der Waals surface area contributed by atoms with Crippen molar-refractivity contribution in [3.05, 3.63) is 58.0 Å². The molecule has 0 radical (unpaired) electrons. The second-order valence-electron chi connectivity index (χ2n) is 9.07. The molecule has 182 valence electrons. The summed E-state index contributed by atoms with van der Waals surface area (Å²) in [5.74, 6) is 0.486. The Morgan fingerprint density at radius 2 is 1.74 bits per heavy atom. The van der Waals surface area contributed by atoms with Crippen molar-refractivity contribution >= 4 is 34.7 Å².